The van der Waals surface area contributed by atoms with Gasteiger partial charge in [0, 0.05) is 13.0 Å². The minimum atomic E-state index is -0.411. The SMILES string of the molecule is C[C@H]1CC(=O)C2=C1[C@H](C(C)(C)C)CCN2C(=O)OCc1ccccc1. The fourth-order valence-electron chi connectivity index (χ4n) is 4.10. The van der Waals surface area contributed by atoms with Crippen LogP contribution >= 0.6 is 0 Å². The third-order valence-electron chi connectivity index (χ3n) is 5.32. The zero-order valence-corrected chi connectivity index (χ0v) is 15.5. The predicted molar refractivity (Wildman–Crippen MR) is 96.7 cm³/mol. The molecule has 1 heterocycles. The highest BCUT2D eigenvalue weighted by molar-refractivity contribution is 6.01. The Morgan fingerprint density at radius 3 is 2.56 bits per heavy atom. The Kier molecular flexibility index (Phi) is 4.72. The van der Waals surface area contributed by atoms with Crippen molar-refractivity contribution in [2.45, 2.75) is 47.1 Å². The fraction of sp³-hybridized carbons (Fsp3) is 0.524. The number of carbonyl (C=O) groups is 2. The number of benzene rings is 1. The molecular formula is C21H27NO3. The van der Waals surface area contributed by atoms with Crippen LogP contribution in [0.4, 0.5) is 4.79 Å². The molecule has 0 radical (unpaired) electrons. The number of carbonyl (C=O) groups excluding carboxylic acids is 2. The summed E-state index contributed by atoms with van der Waals surface area (Å²) in [5.41, 5.74) is 2.79. The van der Waals surface area contributed by atoms with Gasteiger partial charge in [-0.3, -0.25) is 9.69 Å². The van der Waals surface area contributed by atoms with E-state index in [2.05, 4.69) is 27.7 Å². The van der Waals surface area contributed by atoms with Crippen molar-refractivity contribution in [3.05, 3.63) is 47.2 Å². The summed E-state index contributed by atoms with van der Waals surface area (Å²) in [6.07, 6.45) is 0.964. The van der Waals surface area contributed by atoms with Crippen LogP contribution in [0.15, 0.2) is 41.6 Å². The van der Waals surface area contributed by atoms with E-state index in [1.165, 1.54) is 0 Å². The Labute approximate surface area is 149 Å². The molecule has 25 heavy (non-hydrogen) atoms. The van der Waals surface area contributed by atoms with Crippen LogP contribution in [0, 0.1) is 17.3 Å². The van der Waals surface area contributed by atoms with E-state index in [0.717, 1.165) is 17.6 Å². The minimum absolute atomic E-state index is 0.0770. The molecule has 134 valence electrons. The van der Waals surface area contributed by atoms with Gasteiger partial charge in [-0.05, 0) is 34.8 Å². The minimum Gasteiger partial charge on any atom is -0.444 e. The molecule has 1 amide bonds. The molecule has 0 saturated heterocycles. The Hall–Kier alpha value is -2.10. The average molecular weight is 341 g/mol. The van der Waals surface area contributed by atoms with Gasteiger partial charge in [0.25, 0.3) is 0 Å². The number of hydrogen-bond acceptors (Lipinski definition) is 3. The zero-order chi connectivity index (χ0) is 18.2. The Morgan fingerprint density at radius 1 is 1.24 bits per heavy atom. The molecule has 4 nitrogen and oxygen atoms in total. The van der Waals surface area contributed by atoms with Crippen LogP contribution < -0.4 is 0 Å². The second kappa shape index (κ2) is 6.66. The number of hydrogen-bond donors (Lipinski definition) is 0. The van der Waals surface area contributed by atoms with E-state index in [-0.39, 0.29) is 23.7 Å². The summed E-state index contributed by atoms with van der Waals surface area (Å²) in [5.74, 6) is 0.617. The van der Waals surface area contributed by atoms with Gasteiger partial charge in [-0.2, -0.15) is 0 Å². The maximum atomic E-state index is 12.6. The van der Waals surface area contributed by atoms with E-state index in [4.69, 9.17) is 4.74 Å². The third kappa shape index (κ3) is 3.48. The summed E-state index contributed by atoms with van der Waals surface area (Å²) in [6.45, 7) is 9.50. The number of ether oxygens (including phenoxy) is 1. The van der Waals surface area contributed by atoms with Crippen LogP contribution in [0.2, 0.25) is 0 Å². The van der Waals surface area contributed by atoms with Crippen molar-refractivity contribution < 1.29 is 14.3 Å². The van der Waals surface area contributed by atoms with E-state index in [1.54, 1.807) is 4.90 Å². The summed E-state index contributed by atoms with van der Waals surface area (Å²) < 4.78 is 5.48. The van der Waals surface area contributed by atoms with Gasteiger partial charge in [0.05, 0.1) is 5.70 Å². The third-order valence-corrected chi connectivity index (χ3v) is 5.32. The molecule has 2 atom stereocenters. The van der Waals surface area contributed by atoms with Gasteiger partial charge in [0.15, 0.2) is 5.78 Å². The largest absolute Gasteiger partial charge is 0.444 e. The maximum Gasteiger partial charge on any atom is 0.414 e. The van der Waals surface area contributed by atoms with Gasteiger partial charge < -0.3 is 4.74 Å². The second-order valence-corrected chi connectivity index (χ2v) is 8.23. The molecule has 0 fully saturated rings. The van der Waals surface area contributed by atoms with E-state index < -0.39 is 6.09 Å². The molecule has 3 rings (SSSR count). The molecule has 1 aromatic rings. The summed E-state index contributed by atoms with van der Waals surface area (Å²) in [5, 5.41) is 0. The molecule has 0 N–H and O–H groups in total. The molecule has 0 saturated carbocycles. The molecular weight excluding hydrogens is 314 g/mol. The van der Waals surface area contributed by atoms with Crippen molar-refractivity contribution in [1.82, 2.24) is 4.90 Å². The van der Waals surface area contributed by atoms with Crippen molar-refractivity contribution in [3.63, 3.8) is 0 Å². The van der Waals surface area contributed by atoms with E-state index in [0.29, 0.717) is 24.6 Å². The molecule has 0 unspecified atom stereocenters. The highest BCUT2D eigenvalue weighted by atomic mass is 16.6. The van der Waals surface area contributed by atoms with Gasteiger partial charge in [-0.1, -0.05) is 58.0 Å². The molecule has 0 spiro atoms. The van der Waals surface area contributed by atoms with E-state index in [1.807, 2.05) is 30.3 Å². The first-order chi connectivity index (χ1) is 11.8. The van der Waals surface area contributed by atoms with Crippen molar-refractivity contribution in [3.8, 4) is 0 Å². The van der Waals surface area contributed by atoms with Crippen LogP contribution in [0.3, 0.4) is 0 Å². The molecule has 0 aromatic heterocycles. The highest BCUT2D eigenvalue weighted by Crippen LogP contribution is 2.47. The van der Waals surface area contributed by atoms with Gasteiger partial charge in [0.2, 0.25) is 0 Å². The lowest BCUT2D eigenvalue weighted by molar-refractivity contribution is -0.116. The molecule has 4 heteroatoms. The first-order valence-corrected chi connectivity index (χ1v) is 9.04. The number of nitrogens with zero attached hydrogens (tertiary/aromatic N) is 1. The molecule has 1 aliphatic carbocycles. The van der Waals surface area contributed by atoms with Crippen LogP contribution in [0.1, 0.15) is 46.1 Å². The molecule has 0 bridgehead atoms. The van der Waals surface area contributed by atoms with Crippen LogP contribution in [-0.2, 0) is 16.1 Å². The summed E-state index contributed by atoms with van der Waals surface area (Å²) >= 11 is 0. The fourth-order valence-corrected chi connectivity index (χ4v) is 4.10. The van der Waals surface area contributed by atoms with Crippen LogP contribution in [0.25, 0.3) is 0 Å². The van der Waals surface area contributed by atoms with Crippen LogP contribution in [0.5, 0.6) is 0 Å². The lowest BCUT2D eigenvalue weighted by Gasteiger charge is -2.40. The van der Waals surface area contributed by atoms with Gasteiger partial charge in [-0.15, -0.1) is 0 Å². The van der Waals surface area contributed by atoms with E-state index in [9.17, 15) is 9.59 Å². The number of ketones is 1. The van der Waals surface area contributed by atoms with Crippen LogP contribution in [-0.4, -0.2) is 23.3 Å². The summed E-state index contributed by atoms with van der Waals surface area (Å²) in [4.78, 5) is 26.8. The number of Topliss-reactive ketones (excluding diaryl/α,β-unsaturated/α-hetero) is 1. The first-order valence-electron chi connectivity index (χ1n) is 9.04. The Morgan fingerprint density at radius 2 is 1.92 bits per heavy atom. The average Bonchev–Trinajstić information content (AvgIpc) is 2.87. The number of allylic oxidation sites excluding steroid dienone is 2. The molecule has 1 aromatic carbocycles. The van der Waals surface area contributed by atoms with Gasteiger partial charge >= 0.3 is 6.09 Å². The lowest BCUT2D eigenvalue weighted by atomic mass is 9.70. The van der Waals surface area contributed by atoms with Crippen molar-refractivity contribution in [2.24, 2.45) is 17.3 Å². The smallest absolute Gasteiger partial charge is 0.414 e. The number of amides is 1. The molecule has 2 aliphatic rings. The van der Waals surface area contributed by atoms with Gasteiger partial charge in [-0.25, -0.2) is 4.79 Å². The van der Waals surface area contributed by atoms with E-state index >= 15 is 0 Å². The topological polar surface area (TPSA) is 46.6 Å². The van der Waals surface area contributed by atoms with Crippen molar-refractivity contribution in [1.29, 1.82) is 0 Å². The lowest BCUT2D eigenvalue weighted by Crippen LogP contribution is -2.41. The predicted octanol–water partition coefficient (Wildman–Crippen LogP) is 4.55. The first kappa shape index (κ1) is 17.7. The Balaban J connectivity index is 1.82. The summed E-state index contributed by atoms with van der Waals surface area (Å²) in [6, 6.07) is 9.61. The standard InChI is InChI=1S/C21H27NO3/c1-14-12-17(23)19-18(14)16(21(2,3)4)10-11-22(19)20(24)25-13-15-8-6-5-7-9-15/h5-9,14,16H,10-13H2,1-4H3/t14-,16+/m0/s1. The maximum absolute atomic E-state index is 12.6. The summed E-state index contributed by atoms with van der Waals surface area (Å²) in [7, 11) is 0. The Bertz CT molecular complexity index is 700. The number of rotatable bonds is 2. The molecule has 1 aliphatic heterocycles. The quantitative estimate of drug-likeness (QED) is 0.792. The zero-order valence-electron chi connectivity index (χ0n) is 15.5. The van der Waals surface area contributed by atoms with Gasteiger partial charge in [0.1, 0.15) is 6.61 Å². The van der Waals surface area contributed by atoms with Crippen molar-refractivity contribution in [2.75, 3.05) is 6.54 Å². The highest BCUT2D eigenvalue weighted by Gasteiger charge is 2.45. The van der Waals surface area contributed by atoms with Crippen molar-refractivity contribution >= 4 is 11.9 Å². The normalized spacial score (nSPS) is 23.7. The second-order valence-electron chi connectivity index (χ2n) is 8.23. The monoisotopic (exact) mass is 341 g/mol.